The molecule has 0 saturated carbocycles. The molecule has 0 radical (unpaired) electrons. The first-order valence-electron chi connectivity index (χ1n) is 7.64. The van der Waals surface area contributed by atoms with Crippen LogP contribution in [0.25, 0.3) is 0 Å². The molecule has 2 aromatic carbocycles. The van der Waals surface area contributed by atoms with Gasteiger partial charge in [0.1, 0.15) is 11.9 Å². The normalized spacial score (nSPS) is 17.7. The van der Waals surface area contributed by atoms with E-state index >= 15 is 0 Å². The molecule has 1 unspecified atom stereocenters. The van der Waals surface area contributed by atoms with Crippen molar-refractivity contribution in [1.82, 2.24) is 0 Å². The molecule has 0 spiro atoms. The highest BCUT2D eigenvalue weighted by molar-refractivity contribution is 7.80. The molecule has 120 valence electrons. The van der Waals surface area contributed by atoms with Gasteiger partial charge in [-0.3, -0.25) is 0 Å². The van der Waals surface area contributed by atoms with E-state index in [2.05, 4.69) is 0 Å². The van der Waals surface area contributed by atoms with Crippen LogP contribution in [0, 0.1) is 0 Å². The molecule has 0 amide bonds. The van der Waals surface area contributed by atoms with E-state index in [0.717, 1.165) is 35.0 Å². The molecule has 2 aromatic rings. The van der Waals surface area contributed by atoms with E-state index in [1.807, 2.05) is 60.4 Å². The Morgan fingerprint density at radius 2 is 1.87 bits per heavy atom. The van der Waals surface area contributed by atoms with Crippen molar-refractivity contribution in [2.45, 2.75) is 19.4 Å². The molecule has 23 heavy (non-hydrogen) atoms. The summed E-state index contributed by atoms with van der Waals surface area (Å²) in [7, 11) is 0. The lowest BCUT2D eigenvalue weighted by Gasteiger charge is -2.34. The number of halogens is 1. The van der Waals surface area contributed by atoms with Gasteiger partial charge in [0, 0.05) is 23.7 Å². The summed E-state index contributed by atoms with van der Waals surface area (Å²) in [6.07, 6.45) is 0.855. The van der Waals surface area contributed by atoms with Crippen LogP contribution in [0.3, 0.4) is 0 Å². The first kappa shape index (κ1) is 16.1. The zero-order valence-electron chi connectivity index (χ0n) is 12.9. The number of thiocarbonyl (C=S) groups is 1. The Balaban J connectivity index is 1.68. The van der Waals surface area contributed by atoms with Gasteiger partial charge in [-0.1, -0.05) is 23.7 Å². The van der Waals surface area contributed by atoms with Gasteiger partial charge in [-0.15, -0.1) is 0 Å². The van der Waals surface area contributed by atoms with Gasteiger partial charge in [0.15, 0.2) is 0 Å². The maximum Gasteiger partial charge on any atom is 0.264 e. The van der Waals surface area contributed by atoms with Crippen molar-refractivity contribution < 1.29 is 9.47 Å². The lowest BCUT2D eigenvalue weighted by atomic mass is 10.1. The zero-order chi connectivity index (χ0) is 16.2. The topological polar surface area (TPSA) is 21.7 Å². The first-order valence-corrected chi connectivity index (χ1v) is 8.42. The van der Waals surface area contributed by atoms with Gasteiger partial charge >= 0.3 is 0 Å². The van der Waals surface area contributed by atoms with Crippen LogP contribution in [-0.4, -0.2) is 18.3 Å². The molecule has 1 aliphatic heterocycles. The molecular weight excluding hydrogens is 330 g/mol. The molecular formula is C18H18ClNO2S. The summed E-state index contributed by atoms with van der Waals surface area (Å²) in [4.78, 5) is 2.01. The molecule has 1 atom stereocenters. The summed E-state index contributed by atoms with van der Waals surface area (Å²) in [5.74, 6) is 0.860. The van der Waals surface area contributed by atoms with E-state index in [4.69, 9.17) is 33.3 Å². The van der Waals surface area contributed by atoms with Gasteiger partial charge in [0.2, 0.25) is 0 Å². The third kappa shape index (κ3) is 3.77. The lowest BCUT2D eigenvalue weighted by Crippen LogP contribution is -2.38. The molecule has 1 aliphatic rings. The second-order valence-electron chi connectivity index (χ2n) is 5.29. The Bertz CT molecular complexity index is 672. The maximum absolute atomic E-state index is 5.94. The van der Waals surface area contributed by atoms with E-state index in [1.165, 1.54) is 0 Å². The fraction of sp³-hybridized carbons (Fsp3) is 0.278. The molecule has 1 saturated heterocycles. The molecule has 0 N–H and O–H groups in total. The minimum absolute atomic E-state index is 0.0151. The van der Waals surface area contributed by atoms with E-state index in [9.17, 15) is 0 Å². The minimum Gasteiger partial charge on any atom is -0.494 e. The van der Waals surface area contributed by atoms with Crippen LogP contribution in [0.15, 0.2) is 48.5 Å². The number of rotatable bonds is 4. The van der Waals surface area contributed by atoms with Crippen molar-refractivity contribution in [3.05, 3.63) is 59.1 Å². The Hall–Kier alpha value is -1.78. The number of nitrogens with zero attached hydrogens (tertiary/aromatic N) is 1. The lowest BCUT2D eigenvalue weighted by molar-refractivity contribution is 0.166. The van der Waals surface area contributed by atoms with Gasteiger partial charge in [0.25, 0.3) is 5.17 Å². The number of anilines is 1. The van der Waals surface area contributed by atoms with Gasteiger partial charge in [-0.25, -0.2) is 0 Å². The van der Waals surface area contributed by atoms with Crippen LogP contribution in [0.4, 0.5) is 5.69 Å². The quantitative estimate of drug-likeness (QED) is 0.726. The van der Waals surface area contributed by atoms with Crippen molar-refractivity contribution in [2.24, 2.45) is 0 Å². The highest BCUT2D eigenvalue weighted by atomic mass is 35.5. The van der Waals surface area contributed by atoms with Crippen LogP contribution in [0.5, 0.6) is 5.75 Å². The maximum atomic E-state index is 5.94. The monoisotopic (exact) mass is 347 g/mol. The number of ether oxygens (including phenoxy) is 2. The second kappa shape index (κ2) is 7.20. The molecule has 0 aromatic heterocycles. The number of hydrogen-bond acceptors (Lipinski definition) is 3. The van der Waals surface area contributed by atoms with Crippen molar-refractivity contribution in [3.63, 3.8) is 0 Å². The largest absolute Gasteiger partial charge is 0.494 e. The van der Waals surface area contributed by atoms with Crippen LogP contribution >= 0.6 is 23.8 Å². The SMILES string of the molecule is CCOc1ccc(N2CCC(c3ccc(Cl)cc3)OC2=S)cc1. The fourth-order valence-electron chi connectivity index (χ4n) is 2.62. The van der Waals surface area contributed by atoms with E-state index < -0.39 is 0 Å². The molecule has 5 heteroatoms. The van der Waals surface area contributed by atoms with Gasteiger partial charge in [-0.2, -0.15) is 0 Å². The predicted octanol–water partition coefficient (Wildman–Crippen LogP) is 4.99. The van der Waals surface area contributed by atoms with Gasteiger partial charge in [-0.05, 0) is 61.1 Å². The smallest absolute Gasteiger partial charge is 0.264 e. The Kier molecular flexibility index (Phi) is 5.03. The summed E-state index contributed by atoms with van der Waals surface area (Å²) in [6.45, 7) is 3.45. The van der Waals surface area contributed by atoms with Crippen molar-refractivity contribution in [1.29, 1.82) is 0 Å². The van der Waals surface area contributed by atoms with Gasteiger partial charge < -0.3 is 14.4 Å². The Morgan fingerprint density at radius 3 is 2.48 bits per heavy atom. The van der Waals surface area contributed by atoms with Crippen LogP contribution in [0.2, 0.25) is 5.02 Å². The summed E-state index contributed by atoms with van der Waals surface area (Å²) >= 11 is 11.4. The predicted molar refractivity (Wildman–Crippen MR) is 97.5 cm³/mol. The summed E-state index contributed by atoms with van der Waals surface area (Å²) in [5, 5.41) is 1.23. The third-order valence-corrected chi connectivity index (χ3v) is 4.35. The molecule has 1 fully saturated rings. The van der Waals surface area contributed by atoms with Crippen LogP contribution in [0.1, 0.15) is 25.0 Å². The molecule has 0 aliphatic carbocycles. The van der Waals surface area contributed by atoms with Gasteiger partial charge in [0.05, 0.1) is 6.61 Å². The summed E-state index contributed by atoms with van der Waals surface area (Å²) in [6, 6.07) is 15.6. The van der Waals surface area contributed by atoms with Crippen molar-refractivity contribution >= 4 is 34.7 Å². The Morgan fingerprint density at radius 1 is 1.17 bits per heavy atom. The van der Waals surface area contributed by atoms with Crippen molar-refractivity contribution in [3.8, 4) is 5.75 Å². The average Bonchev–Trinajstić information content (AvgIpc) is 2.57. The molecule has 3 nitrogen and oxygen atoms in total. The molecule has 3 rings (SSSR count). The number of hydrogen-bond donors (Lipinski definition) is 0. The standard InChI is InChI=1S/C18H18ClNO2S/c1-2-21-16-9-7-15(8-10-16)20-12-11-17(22-18(20)23)13-3-5-14(19)6-4-13/h3-10,17H,2,11-12H2,1H3. The number of benzene rings is 2. The highest BCUT2D eigenvalue weighted by Crippen LogP contribution is 2.31. The van der Waals surface area contributed by atoms with Crippen LogP contribution in [-0.2, 0) is 4.74 Å². The average molecular weight is 348 g/mol. The van der Waals surface area contributed by atoms with E-state index in [0.29, 0.717) is 11.8 Å². The summed E-state index contributed by atoms with van der Waals surface area (Å²) in [5.41, 5.74) is 2.12. The minimum atomic E-state index is -0.0151. The zero-order valence-corrected chi connectivity index (χ0v) is 14.4. The first-order chi connectivity index (χ1) is 11.2. The van der Waals surface area contributed by atoms with Crippen LogP contribution < -0.4 is 9.64 Å². The third-order valence-electron chi connectivity index (χ3n) is 3.78. The highest BCUT2D eigenvalue weighted by Gasteiger charge is 2.26. The van der Waals surface area contributed by atoms with Crippen molar-refractivity contribution in [2.75, 3.05) is 18.1 Å². The second-order valence-corrected chi connectivity index (χ2v) is 6.08. The fourth-order valence-corrected chi connectivity index (χ4v) is 3.06. The molecule has 0 bridgehead atoms. The summed E-state index contributed by atoms with van der Waals surface area (Å²) < 4.78 is 11.4. The van der Waals surface area contributed by atoms with E-state index in [1.54, 1.807) is 0 Å². The molecule has 1 heterocycles. The Labute approximate surface area is 146 Å². The van der Waals surface area contributed by atoms with E-state index in [-0.39, 0.29) is 6.10 Å².